The van der Waals surface area contributed by atoms with Crippen LogP contribution >= 0.6 is 0 Å². The van der Waals surface area contributed by atoms with Gasteiger partial charge >= 0.3 is 0 Å². The van der Waals surface area contributed by atoms with Crippen molar-refractivity contribution < 1.29 is 23.0 Å². The molecule has 0 spiro atoms. The maximum Gasteiger partial charge on any atom is 0.244 e. The number of nitrogens with one attached hydrogen (secondary N) is 1. The van der Waals surface area contributed by atoms with Crippen molar-refractivity contribution in [2.24, 2.45) is 0 Å². The molecular formula is C23H26F3N7O2. The number of aromatic nitrogens is 6. The van der Waals surface area contributed by atoms with Gasteiger partial charge in [-0.15, -0.1) is 10.2 Å². The Morgan fingerprint density at radius 1 is 1.29 bits per heavy atom. The molecule has 1 aromatic carbocycles. The molecule has 9 nitrogen and oxygen atoms in total. The number of ether oxygens (including phenoxy) is 1. The predicted molar refractivity (Wildman–Crippen MR) is 123 cm³/mol. The third kappa shape index (κ3) is 4.62. The maximum absolute atomic E-state index is 15.2. The molecule has 1 aliphatic carbocycles. The number of anilines is 1. The summed E-state index contributed by atoms with van der Waals surface area (Å²) in [6.07, 6.45) is 1.28. The SMILES string of the molecule is COc1nc(NC2CCC(C)(O)CC2)nn2cc(F)c(-c3ccc4nnn(CCC(F)F)c4c3)c12. The second-order valence-electron chi connectivity index (χ2n) is 9.20. The molecule has 0 radical (unpaired) electrons. The average molecular weight is 490 g/mol. The van der Waals surface area contributed by atoms with Gasteiger partial charge in [0.05, 0.1) is 30.0 Å². The first-order valence-electron chi connectivity index (χ1n) is 11.5. The van der Waals surface area contributed by atoms with Crippen molar-refractivity contribution >= 4 is 22.5 Å². The van der Waals surface area contributed by atoms with Crippen LogP contribution in [0.15, 0.2) is 24.4 Å². The Hall–Kier alpha value is -3.41. The topological polar surface area (TPSA) is 102 Å². The lowest BCUT2D eigenvalue weighted by molar-refractivity contribution is 0.0195. The Kier molecular flexibility index (Phi) is 5.99. The van der Waals surface area contributed by atoms with Crippen LogP contribution in [0.3, 0.4) is 0 Å². The number of fused-ring (bicyclic) bond motifs is 2. The zero-order valence-electron chi connectivity index (χ0n) is 19.4. The number of alkyl halides is 2. The van der Waals surface area contributed by atoms with Crippen molar-refractivity contribution in [1.82, 2.24) is 29.6 Å². The van der Waals surface area contributed by atoms with Crippen molar-refractivity contribution in [1.29, 1.82) is 0 Å². The molecule has 186 valence electrons. The van der Waals surface area contributed by atoms with E-state index in [0.717, 1.165) is 12.8 Å². The van der Waals surface area contributed by atoms with Crippen LogP contribution in [0.4, 0.5) is 19.1 Å². The summed E-state index contributed by atoms with van der Waals surface area (Å²) in [7, 11) is 1.45. The summed E-state index contributed by atoms with van der Waals surface area (Å²) in [6, 6.07) is 5.10. The molecule has 0 aliphatic heterocycles. The highest BCUT2D eigenvalue weighted by Gasteiger charge is 2.29. The summed E-state index contributed by atoms with van der Waals surface area (Å²) >= 11 is 0. The molecule has 1 fully saturated rings. The Labute approximate surface area is 198 Å². The van der Waals surface area contributed by atoms with E-state index in [9.17, 15) is 13.9 Å². The molecule has 12 heteroatoms. The Bertz CT molecular complexity index is 1360. The number of hydrogen-bond acceptors (Lipinski definition) is 7. The number of benzene rings is 1. The summed E-state index contributed by atoms with van der Waals surface area (Å²) < 4.78 is 48.9. The minimum Gasteiger partial charge on any atom is -0.479 e. The standard InChI is InChI=1S/C23H26F3N7O2/c1-23(34)8-5-14(6-9-23)27-22-28-21(35-2)20-19(15(24)12-33(20)30-22)13-3-4-16-17(11-13)32(31-29-16)10-7-18(25)26/h3-4,11-12,14,18,34H,5-10H2,1-2H3,(H,27,30). The quantitative estimate of drug-likeness (QED) is 0.404. The monoisotopic (exact) mass is 489 g/mol. The minimum absolute atomic E-state index is 0.00529. The van der Waals surface area contributed by atoms with E-state index in [4.69, 9.17) is 4.74 Å². The normalized spacial score (nSPS) is 20.7. The average Bonchev–Trinajstić information content (AvgIpc) is 3.37. The number of halogens is 3. The van der Waals surface area contributed by atoms with Crippen LogP contribution in [0.25, 0.3) is 27.7 Å². The molecule has 5 rings (SSSR count). The Morgan fingerprint density at radius 2 is 2.06 bits per heavy atom. The van der Waals surface area contributed by atoms with Gasteiger partial charge in [-0.3, -0.25) is 0 Å². The van der Waals surface area contributed by atoms with Crippen molar-refractivity contribution in [2.75, 3.05) is 12.4 Å². The van der Waals surface area contributed by atoms with Crippen LogP contribution in [0.2, 0.25) is 0 Å². The van der Waals surface area contributed by atoms with Gasteiger partial charge in [-0.2, -0.15) is 4.98 Å². The number of hydrogen-bond donors (Lipinski definition) is 2. The molecule has 1 saturated carbocycles. The van der Waals surface area contributed by atoms with Gasteiger partial charge in [-0.1, -0.05) is 11.3 Å². The fourth-order valence-electron chi connectivity index (χ4n) is 4.57. The van der Waals surface area contributed by atoms with Gasteiger partial charge in [-0.05, 0) is 50.3 Å². The van der Waals surface area contributed by atoms with E-state index in [2.05, 4.69) is 25.7 Å². The van der Waals surface area contributed by atoms with Gasteiger partial charge in [0.15, 0.2) is 5.82 Å². The fraction of sp³-hybridized carbons (Fsp3) is 0.478. The maximum atomic E-state index is 15.2. The van der Waals surface area contributed by atoms with Crippen LogP contribution < -0.4 is 10.1 Å². The zero-order valence-corrected chi connectivity index (χ0v) is 19.4. The van der Waals surface area contributed by atoms with E-state index in [-0.39, 0.29) is 30.5 Å². The highest BCUT2D eigenvalue weighted by atomic mass is 19.3. The number of nitrogens with zero attached hydrogens (tertiary/aromatic N) is 6. The first-order chi connectivity index (χ1) is 16.7. The molecule has 3 heterocycles. The molecule has 0 bridgehead atoms. The minimum atomic E-state index is -2.46. The van der Waals surface area contributed by atoms with E-state index < -0.39 is 17.8 Å². The molecule has 4 aromatic rings. The van der Waals surface area contributed by atoms with Gasteiger partial charge in [0.2, 0.25) is 18.3 Å². The zero-order chi connectivity index (χ0) is 24.7. The highest BCUT2D eigenvalue weighted by molar-refractivity contribution is 5.89. The molecule has 0 amide bonds. The molecule has 3 aromatic heterocycles. The summed E-state index contributed by atoms with van der Waals surface area (Å²) in [5.41, 5.74) is 1.44. The number of aryl methyl sites for hydroxylation is 1. The third-order valence-corrected chi connectivity index (χ3v) is 6.50. The summed E-state index contributed by atoms with van der Waals surface area (Å²) in [5, 5.41) is 25.8. The number of methoxy groups -OCH3 is 1. The van der Waals surface area contributed by atoms with Gasteiger partial charge in [-0.25, -0.2) is 22.4 Å². The third-order valence-electron chi connectivity index (χ3n) is 6.50. The van der Waals surface area contributed by atoms with Crippen molar-refractivity contribution in [2.45, 2.75) is 63.6 Å². The van der Waals surface area contributed by atoms with Gasteiger partial charge < -0.3 is 15.2 Å². The largest absolute Gasteiger partial charge is 0.479 e. The highest BCUT2D eigenvalue weighted by Crippen LogP contribution is 2.36. The molecular weight excluding hydrogens is 463 g/mol. The van der Waals surface area contributed by atoms with Crippen molar-refractivity contribution in [3.63, 3.8) is 0 Å². The predicted octanol–water partition coefficient (Wildman–Crippen LogP) is 4.05. The van der Waals surface area contributed by atoms with E-state index in [1.165, 1.54) is 22.5 Å². The molecule has 0 atom stereocenters. The van der Waals surface area contributed by atoms with Gasteiger partial charge in [0.25, 0.3) is 0 Å². The van der Waals surface area contributed by atoms with Crippen LogP contribution in [-0.2, 0) is 6.54 Å². The second-order valence-corrected chi connectivity index (χ2v) is 9.20. The van der Waals surface area contributed by atoms with Crippen LogP contribution in [0, 0.1) is 5.82 Å². The van der Waals surface area contributed by atoms with Gasteiger partial charge in [0.1, 0.15) is 11.0 Å². The lowest BCUT2D eigenvalue weighted by Crippen LogP contribution is -2.36. The first-order valence-corrected chi connectivity index (χ1v) is 11.5. The summed E-state index contributed by atoms with van der Waals surface area (Å²) in [5.74, 6) is -0.0461. The van der Waals surface area contributed by atoms with Gasteiger partial charge in [0, 0.05) is 19.0 Å². The molecule has 35 heavy (non-hydrogen) atoms. The molecule has 1 aliphatic rings. The summed E-state index contributed by atoms with van der Waals surface area (Å²) in [4.78, 5) is 4.46. The van der Waals surface area contributed by atoms with Crippen molar-refractivity contribution in [3.8, 4) is 17.0 Å². The van der Waals surface area contributed by atoms with E-state index in [1.54, 1.807) is 18.2 Å². The molecule has 0 saturated heterocycles. The van der Waals surface area contributed by atoms with Crippen LogP contribution in [-0.4, -0.2) is 59.9 Å². The number of rotatable bonds is 7. The van der Waals surface area contributed by atoms with E-state index >= 15 is 4.39 Å². The van der Waals surface area contributed by atoms with E-state index in [0.29, 0.717) is 40.9 Å². The lowest BCUT2D eigenvalue weighted by atomic mass is 9.84. The second kappa shape index (κ2) is 8.99. The number of aliphatic hydroxyl groups is 1. The Balaban J connectivity index is 1.51. The lowest BCUT2D eigenvalue weighted by Gasteiger charge is -2.33. The van der Waals surface area contributed by atoms with Crippen LogP contribution in [0.5, 0.6) is 5.88 Å². The first kappa shape index (κ1) is 23.3. The summed E-state index contributed by atoms with van der Waals surface area (Å²) in [6.45, 7) is 1.83. The fourth-order valence-corrected chi connectivity index (χ4v) is 4.57. The molecule has 0 unspecified atom stereocenters. The Morgan fingerprint density at radius 3 is 2.77 bits per heavy atom. The van der Waals surface area contributed by atoms with Crippen molar-refractivity contribution in [3.05, 3.63) is 30.2 Å². The van der Waals surface area contributed by atoms with E-state index in [1.807, 2.05) is 6.92 Å². The molecule has 2 N–H and O–H groups in total. The van der Waals surface area contributed by atoms with Crippen LogP contribution in [0.1, 0.15) is 39.0 Å². The smallest absolute Gasteiger partial charge is 0.244 e.